The Bertz CT molecular complexity index is 1070. The Kier molecular flexibility index (Phi) is 7.52. The average molecular weight is 503 g/mol. The quantitative estimate of drug-likeness (QED) is 0.187. The molecule has 0 aliphatic heterocycles. The van der Waals surface area contributed by atoms with Gasteiger partial charge in [-0.05, 0) is 54.1 Å². The highest BCUT2D eigenvalue weighted by atomic mass is 79.9. The third-order valence-electron chi connectivity index (χ3n) is 5.55. The summed E-state index contributed by atoms with van der Waals surface area (Å²) in [5, 5.41) is 15.2. The first-order valence-corrected chi connectivity index (χ1v) is 13.8. The summed E-state index contributed by atoms with van der Waals surface area (Å²) in [6.07, 6.45) is 2.64. The average Bonchev–Trinajstić information content (AvgIpc) is 2.86. The van der Waals surface area contributed by atoms with Gasteiger partial charge in [0, 0.05) is 23.7 Å². The first kappa shape index (κ1) is 22.5. The zero-order valence-electron chi connectivity index (χ0n) is 17.8. The summed E-state index contributed by atoms with van der Waals surface area (Å²) in [5.74, 6) is 0.259. The monoisotopic (exact) mass is 502 g/mol. The number of nitrogens with zero attached hydrogens (tertiary/aromatic N) is 1. The van der Waals surface area contributed by atoms with Crippen molar-refractivity contribution in [2.45, 2.75) is 6.16 Å². The van der Waals surface area contributed by atoms with Gasteiger partial charge in [-0.1, -0.05) is 76.6 Å². The Hall–Kier alpha value is -2.74. The molecule has 0 bridgehead atoms. The number of alkyl halides is 1. The van der Waals surface area contributed by atoms with E-state index in [0.29, 0.717) is 6.54 Å². The van der Waals surface area contributed by atoms with Crippen LogP contribution in [0.4, 0.5) is 0 Å². The SMILES string of the molecule is Oc1ccc(C[P+](c2ccccc2)(c2ccccc2)c2ccccc2)cc1C=NCCBr. The molecule has 2 nitrogen and oxygen atoms in total. The minimum absolute atomic E-state index is 0.259. The van der Waals surface area contributed by atoms with Gasteiger partial charge in [-0.2, -0.15) is 0 Å². The van der Waals surface area contributed by atoms with Crippen LogP contribution in [0.25, 0.3) is 0 Å². The van der Waals surface area contributed by atoms with E-state index in [4.69, 9.17) is 0 Å². The van der Waals surface area contributed by atoms with E-state index in [1.54, 1.807) is 12.3 Å². The third kappa shape index (κ3) is 4.85. The van der Waals surface area contributed by atoms with Crippen LogP contribution < -0.4 is 15.9 Å². The third-order valence-corrected chi connectivity index (χ3v) is 10.3. The van der Waals surface area contributed by atoms with E-state index in [1.165, 1.54) is 21.5 Å². The van der Waals surface area contributed by atoms with E-state index in [2.05, 4.69) is 118 Å². The number of phenols is 1. The van der Waals surface area contributed by atoms with Gasteiger partial charge in [0.1, 0.15) is 28.9 Å². The molecule has 0 atom stereocenters. The van der Waals surface area contributed by atoms with E-state index < -0.39 is 7.26 Å². The van der Waals surface area contributed by atoms with Crippen molar-refractivity contribution in [3.05, 3.63) is 120 Å². The van der Waals surface area contributed by atoms with Gasteiger partial charge in [0.25, 0.3) is 0 Å². The highest BCUT2D eigenvalue weighted by Crippen LogP contribution is 2.58. The Labute approximate surface area is 199 Å². The molecule has 0 radical (unpaired) electrons. The van der Waals surface area contributed by atoms with E-state index in [9.17, 15) is 5.11 Å². The first-order valence-electron chi connectivity index (χ1n) is 10.7. The van der Waals surface area contributed by atoms with Crippen LogP contribution in [0.3, 0.4) is 0 Å². The van der Waals surface area contributed by atoms with Crippen LogP contribution in [-0.4, -0.2) is 23.2 Å². The highest BCUT2D eigenvalue weighted by molar-refractivity contribution is 9.09. The van der Waals surface area contributed by atoms with Crippen molar-refractivity contribution < 1.29 is 5.11 Å². The van der Waals surface area contributed by atoms with Gasteiger partial charge in [0.2, 0.25) is 0 Å². The van der Waals surface area contributed by atoms with Gasteiger partial charge in [-0.3, -0.25) is 4.99 Å². The summed E-state index contributed by atoms with van der Waals surface area (Å²) >= 11 is 3.40. The number of aliphatic imine (C=N–C) groups is 1. The molecule has 0 heterocycles. The van der Waals surface area contributed by atoms with Crippen molar-refractivity contribution in [3.8, 4) is 5.75 Å². The number of aromatic hydroxyl groups is 1. The van der Waals surface area contributed by atoms with E-state index in [1.807, 2.05) is 6.07 Å². The molecule has 32 heavy (non-hydrogen) atoms. The van der Waals surface area contributed by atoms with Crippen LogP contribution in [0.5, 0.6) is 5.75 Å². The molecule has 0 unspecified atom stereocenters. The van der Waals surface area contributed by atoms with Gasteiger partial charge < -0.3 is 5.11 Å². The lowest BCUT2D eigenvalue weighted by molar-refractivity contribution is 0.474. The maximum absolute atomic E-state index is 10.4. The second kappa shape index (κ2) is 10.7. The molecule has 160 valence electrons. The van der Waals surface area contributed by atoms with E-state index in [-0.39, 0.29) is 5.75 Å². The lowest BCUT2D eigenvalue weighted by Crippen LogP contribution is -2.32. The van der Waals surface area contributed by atoms with E-state index in [0.717, 1.165) is 17.1 Å². The molecule has 0 aliphatic rings. The molecule has 0 aromatic heterocycles. The summed E-state index contributed by atoms with van der Waals surface area (Å²) < 4.78 is 0. The molecule has 0 fully saturated rings. The van der Waals surface area contributed by atoms with Crippen LogP contribution >= 0.6 is 23.2 Å². The fourth-order valence-corrected chi connectivity index (χ4v) is 8.49. The van der Waals surface area contributed by atoms with Crippen LogP contribution in [0.15, 0.2) is 114 Å². The van der Waals surface area contributed by atoms with Crippen LogP contribution in [0.2, 0.25) is 0 Å². The Morgan fingerprint density at radius 2 is 1.22 bits per heavy atom. The minimum Gasteiger partial charge on any atom is -0.507 e. The minimum atomic E-state index is -1.98. The molecule has 4 rings (SSSR count). The van der Waals surface area contributed by atoms with E-state index >= 15 is 0 Å². The van der Waals surface area contributed by atoms with Crippen molar-refractivity contribution in [3.63, 3.8) is 0 Å². The molecule has 4 heteroatoms. The number of hydrogen-bond acceptors (Lipinski definition) is 2. The van der Waals surface area contributed by atoms with Crippen molar-refractivity contribution in [1.82, 2.24) is 0 Å². The lowest BCUT2D eigenvalue weighted by Gasteiger charge is -2.28. The summed E-state index contributed by atoms with van der Waals surface area (Å²) in [5.41, 5.74) is 1.95. The predicted molar refractivity (Wildman–Crippen MR) is 143 cm³/mol. The molecule has 0 aliphatic carbocycles. The van der Waals surface area contributed by atoms with Crippen molar-refractivity contribution in [2.75, 3.05) is 11.9 Å². The van der Waals surface area contributed by atoms with Crippen LogP contribution in [0.1, 0.15) is 11.1 Å². The molecule has 4 aromatic carbocycles. The maximum Gasteiger partial charge on any atom is 0.124 e. The van der Waals surface area contributed by atoms with Crippen LogP contribution in [-0.2, 0) is 6.16 Å². The largest absolute Gasteiger partial charge is 0.507 e. The van der Waals surface area contributed by atoms with Crippen molar-refractivity contribution >= 4 is 45.3 Å². The summed E-state index contributed by atoms with van der Waals surface area (Å²) in [4.78, 5) is 4.41. The fourth-order valence-electron chi connectivity index (χ4n) is 4.06. The molecule has 4 aromatic rings. The molecule has 0 spiro atoms. The van der Waals surface area contributed by atoms with Gasteiger partial charge in [0.15, 0.2) is 0 Å². The summed E-state index contributed by atoms with van der Waals surface area (Å²) in [6.45, 7) is 0.679. The second-order valence-electron chi connectivity index (χ2n) is 7.59. The van der Waals surface area contributed by atoms with Gasteiger partial charge >= 0.3 is 0 Å². The van der Waals surface area contributed by atoms with Crippen molar-refractivity contribution in [1.29, 1.82) is 0 Å². The Balaban J connectivity index is 1.90. The van der Waals surface area contributed by atoms with Gasteiger partial charge in [-0.25, -0.2) is 0 Å². The zero-order chi connectivity index (χ0) is 22.2. The number of halogens is 1. The van der Waals surface area contributed by atoms with Crippen molar-refractivity contribution in [2.24, 2.45) is 4.99 Å². The van der Waals surface area contributed by atoms with Gasteiger partial charge in [-0.15, -0.1) is 0 Å². The fraction of sp³-hybridized carbons (Fsp3) is 0.107. The second-order valence-corrected chi connectivity index (χ2v) is 11.9. The molecule has 0 amide bonds. The molecule has 0 saturated heterocycles. The Morgan fingerprint density at radius 1 is 0.719 bits per heavy atom. The molecule has 0 saturated carbocycles. The maximum atomic E-state index is 10.4. The summed E-state index contributed by atoms with van der Waals surface area (Å²) in [6, 6.07) is 38.5. The first-order chi connectivity index (χ1) is 15.7. The van der Waals surface area contributed by atoms with Crippen LogP contribution in [0, 0.1) is 0 Å². The number of benzene rings is 4. The normalized spacial score (nSPS) is 11.7. The topological polar surface area (TPSA) is 32.6 Å². The summed E-state index contributed by atoms with van der Waals surface area (Å²) in [7, 11) is -1.98. The highest BCUT2D eigenvalue weighted by Gasteiger charge is 2.45. The van der Waals surface area contributed by atoms with Gasteiger partial charge in [0.05, 0.1) is 6.16 Å². The molecular weight excluding hydrogens is 477 g/mol. The molecular formula is C28H26BrNOP+. The predicted octanol–water partition coefficient (Wildman–Crippen LogP) is 5.70. The number of hydrogen-bond donors (Lipinski definition) is 1. The standard InChI is InChI=1S/C28H25BrNOP/c29-18-19-30-21-24-20-23(16-17-28(24)31)22-32(25-10-4-1-5-11-25,26-12-6-2-7-13-26)27-14-8-3-9-15-27/h1-17,20-21H,18-19,22H2/p+1. The lowest BCUT2D eigenvalue weighted by atomic mass is 10.1. The zero-order valence-corrected chi connectivity index (χ0v) is 20.3. The number of phenolic OH excluding ortho intramolecular Hbond substituents is 1. The number of rotatable bonds is 8. The molecule has 1 N–H and O–H groups in total. The Morgan fingerprint density at radius 3 is 1.69 bits per heavy atom. The smallest absolute Gasteiger partial charge is 0.124 e.